The molecule has 1 N–H and O–H groups in total. The van der Waals surface area contributed by atoms with Gasteiger partial charge in [-0.1, -0.05) is 27.7 Å². The van der Waals surface area contributed by atoms with Crippen molar-refractivity contribution in [1.29, 1.82) is 0 Å². The average molecular weight is 155 g/mol. The molecule has 0 aliphatic carbocycles. The van der Waals surface area contributed by atoms with Gasteiger partial charge in [0.05, 0.1) is 0 Å². The van der Waals surface area contributed by atoms with E-state index >= 15 is 0 Å². The minimum absolute atomic E-state index is 0.445. The number of nitrogens with one attached hydrogen (secondary N) is 1. The molecule has 0 saturated carbocycles. The van der Waals surface area contributed by atoms with Gasteiger partial charge in [-0.3, -0.25) is 0 Å². The fourth-order valence-electron chi connectivity index (χ4n) is 1.70. The second-order valence-electron chi connectivity index (χ2n) is 5.09. The van der Waals surface area contributed by atoms with Crippen LogP contribution in [-0.4, -0.2) is 13.1 Å². The van der Waals surface area contributed by atoms with E-state index in [1.165, 1.54) is 25.9 Å². The zero-order valence-electron chi connectivity index (χ0n) is 8.33. The predicted octanol–water partition coefficient (Wildman–Crippen LogP) is 2.42. The Morgan fingerprint density at radius 2 is 1.91 bits per heavy atom. The standard InChI is InChI=1S/C10H21N/c1-9(2,3)10(4)6-5-7-11-8-10/h11H,5-8H2,1-4H3. The van der Waals surface area contributed by atoms with Gasteiger partial charge in [0.15, 0.2) is 0 Å². The minimum Gasteiger partial charge on any atom is -0.316 e. The first kappa shape index (κ1) is 9.05. The van der Waals surface area contributed by atoms with Gasteiger partial charge in [0.25, 0.3) is 0 Å². The van der Waals surface area contributed by atoms with Crippen molar-refractivity contribution in [3.8, 4) is 0 Å². The monoisotopic (exact) mass is 155 g/mol. The first-order valence-corrected chi connectivity index (χ1v) is 4.66. The first-order valence-electron chi connectivity index (χ1n) is 4.66. The zero-order valence-corrected chi connectivity index (χ0v) is 8.33. The van der Waals surface area contributed by atoms with Crippen LogP contribution in [0.5, 0.6) is 0 Å². The van der Waals surface area contributed by atoms with Gasteiger partial charge in [0, 0.05) is 6.54 Å². The topological polar surface area (TPSA) is 12.0 Å². The highest BCUT2D eigenvalue weighted by Crippen LogP contribution is 2.42. The first-order chi connectivity index (χ1) is 4.96. The number of hydrogen-bond acceptors (Lipinski definition) is 1. The Balaban J connectivity index is 2.64. The lowest BCUT2D eigenvalue weighted by molar-refractivity contribution is 0.0747. The molecule has 0 amide bonds. The van der Waals surface area contributed by atoms with E-state index < -0.39 is 0 Å². The van der Waals surface area contributed by atoms with E-state index in [0.29, 0.717) is 10.8 Å². The normalized spacial score (nSPS) is 33.8. The molecular formula is C10H21N. The van der Waals surface area contributed by atoms with E-state index in [2.05, 4.69) is 33.0 Å². The predicted molar refractivity (Wildman–Crippen MR) is 49.7 cm³/mol. The Labute approximate surface area is 70.6 Å². The summed E-state index contributed by atoms with van der Waals surface area (Å²) in [7, 11) is 0. The third-order valence-electron chi connectivity index (χ3n) is 3.41. The Morgan fingerprint density at radius 1 is 1.27 bits per heavy atom. The van der Waals surface area contributed by atoms with Crippen LogP contribution in [0.3, 0.4) is 0 Å². The van der Waals surface area contributed by atoms with Crippen LogP contribution in [0.1, 0.15) is 40.5 Å². The molecule has 1 unspecified atom stereocenters. The van der Waals surface area contributed by atoms with Crippen LogP contribution in [-0.2, 0) is 0 Å². The molecule has 1 heteroatoms. The maximum absolute atomic E-state index is 3.48. The molecule has 0 radical (unpaired) electrons. The van der Waals surface area contributed by atoms with Gasteiger partial charge in [0.2, 0.25) is 0 Å². The van der Waals surface area contributed by atoms with Crippen molar-refractivity contribution in [3.63, 3.8) is 0 Å². The highest BCUT2D eigenvalue weighted by Gasteiger charge is 2.37. The molecule has 0 spiro atoms. The molecule has 1 nitrogen and oxygen atoms in total. The lowest BCUT2D eigenvalue weighted by atomic mass is 9.64. The van der Waals surface area contributed by atoms with Crippen molar-refractivity contribution in [3.05, 3.63) is 0 Å². The molecule has 1 heterocycles. The molecule has 1 fully saturated rings. The summed E-state index contributed by atoms with van der Waals surface area (Å²) in [5, 5.41) is 3.48. The molecule has 1 aliphatic heterocycles. The molecule has 0 aromatic heterocycles. The van der Waals surface area contributed by atoms with Gasteiger partial charge in [-0.25, -0.2) is 0 Å². The fourth-order valence-corrected chi connectivity index (χ4v) is 1.70. The lowest BCUT2D eigenvalue weighted by Crippen LogP contribution is -2.45. The maximum Gasteiger partial charge on any atom is 0.00102 e. The van der Waals surface area contributed by atoms with E-state index in [1.807, 2.05) is 0 Å². The minimum atomic E-state index is 0.445. The largest absolute Gasteiger partial charge is 0.316 e. The number of rotatable bonds is 0. The fraction of sp³-hybridized carbons (Fsp3) is 1.00. The number of piperidine rings is 1. The van der Waals surface area contributed by atoms with E-state index in [9.17, 15) is 0 Å². The Kier molecular flexibility index (Phi) is 2.29. The van der Waals surface area contributed by atoms with E-state index in [0.717, 1.165) is 0 Å². The third kappa shape index (κ3) is 1.76. The second kappa shape index (κ2) is 2.78. The van der Waals surface area contributed by atoms with Gasteiger partial charge in [-0.15, -0.1) is 0 Å². The van der Waals surface area contributed by atoms with Gasteiger partial charge < -0.3 is 5.32 Å². The summed E-state index contributed by atoms with van der Waals surface area (Å²) in [4.78, 5) is 0. The van der Waals surface area contributed by atoms with Crippen molar-refractivity contribution in [2.45, 2.75) is 40.5 Å². The van der Waals surface area contributed by atoms with Gasteiger partial charge >= 0.3 is 0 Å². The molecule has 1 rings (SSSR count). The highest BCUT2D eigenvalue weighted by atomic mass is 14.9. The lowest BCUT2D eigenvalue weighted by Gasteiger charge is -2.45. The highest BCUT2D eigenvalue weighted by molar-refractivity contribution is 4.90. The molecule has 66 valence electrons. The summed E-state index contributed by atoms with van der Waals surface area (Å²) in [6.07, 6.45) is 2.72. The molecule has 1 atom stereocenters. The Hall–Kier alpha value is -0.0400. The quantitative estimate of drug-likeness (QED) is 0.566. The van der Waals surface area contributed by atoms with E-state index in [1.54, 1.807) is 0 Å². The zero-order chi connectivity index (χ0) is 8.54. The van der Waals surface area contributed by atoms with Crippen LogP contribution in [0.25, 0.3) is 0 Å². The molecule has 0 aromatic rings. The smallest absolute Gasteiger partial charge is 0.00102 e. The Bertz CT molecular complexity index is 126. The van der Waals surface area contributed by atoms with Gasteiger partial charge in [-0.05, 0) is 30.2 Å². The molecular weight excluding hydrogens is 134 g/mol. The molecule has 1 saturated heterocycles. The molecule has 0 bridgehead atoms. The van der Waals surface area contributed by atoms with Crippen molar-refractivity contribution in [2.75, 3.05) is 13.1 Å². The maximum atomic E-state index is 3.48. The molecule has 11 heavy (non-hydrogen) atoms. The average Bonchev–Trinajstić information content (AvgIpc) is 1.87. The summed E-state index contributed by atoms with van der Waals surface area (Å²) in [6, 6.07) is 0. The van der Waals surface area contributed by atoms with Crippen molar-refractivity contribution in [1.82, 2.24) is 5.32 Å². The molecule has 1 aliphatic rings. The van der Waals surface area contributed by atoms with Crippen LogP contribution in [0.2, 0.25) is 0 Å². The van der Waals surface area contributed by atoms with Crippen molar-refractivity contribution >= 4 is 0 Å². The van der Waals surface area contributed by atoms with Gasteiger partial charge in [0.1, 0.15) is 0 Å². The van der Waals surface area contributed by atoms with Crippen LogP contribution >= 0.6 is 0 Å². The summed E-state index contributed by atoms with van der Waals surface area (Å²) in [5.74, 6) is 0. The van der Waals surface area contributed by atoms with Crippen molar-refractivity contribution < 1.29 is 0 Å². The Morgan fingerprint density at radius 3 is 2.18 bits per heavy atom. The number of hydrogen-bond donors (Lipinski definition) is 1. The summed E-state index contributed by atoms with van der Waals surface area (Å²) in [5.41, 5.74) is 0.950. The SMILES string of the molecule is CC(C)(C)C1(C)CCCNC1. The van der Waals surface area contributed by atoms with Crippen LogP contribution < -0.4 is 5.32 Å². The summed E-state index contributed by atoms with van der Waals surface area (Å²) >= 11 is 0. The summed E-state index contributed by atoms with van der Waals surface area (Å²) < 4.78 is 0. The van der Waals surface area contributed by atoms with E-state index in [4.69, 9.17) is 0 Å². The summed E-state index contributed by atoms with van der Waals surface area (Å²) in [6.45, 7) is 11.8. The third-order valence-corrected chi connectivity index (χ3v) is 3.41. The van der Waals surface area contributed by atoms with Gasteiger partial charge in [-0.2, -0.15) is 0 Å². The van der Waals surface area contributed by atoms with Crippen molar-refractivity contribution in [2.24, 2.45) is 10.8 Å². The second-order valence-corrected chi connectivity index (χ2v) is 5.09. The van der Waals surface area contributed by atoms with E-state index in [-0.39, 0.29) is 0 Å². The van der Waals surface area contributed by atoms with Crippen LogP contribution in [0.15, 0.2) is 0 Å². The van der Waals surface area contributed by atoms with Crippen LogP contribution in [0, 0.1) is 10.8 Å². The molecule has 0 aromatic carbocycles. The van der Waals surface area contributed by atoms with Crippen LogP contribution in [0.4, 0.5) is 0 Å².